The summed E-state index contributed by atoms with van der Waals surface area (Å²) in [7, 11) is 0.354. The van der Waals surface area contributed by atoms with Gasteiger partial charge in [-0.1, -0.05) is 0 Å². The fourth-order valence-electron chi connectivity index (χ4n) is 2.81. The van der Waals surface area contributed by atoms with Crippen molar-refractivity contribution < 1.29 is 22.0 Å². The number of carbonyl (C=O) groups is 1. The van der Waals surface area contributed by atoms with E-state index in [0.717, 1.165) is 18.4 Å². The van der Waals surface area contributed by atoms with Gasteiger partial charge in [0.2, 0.25) is 10.0 Å². The molecule has 0 radical (unpaired) electrons. The predicted molar refractivity (Wildman–Crippen MR) is 86.1 cm³/mol. The molecule has 0 bridgehead atoms. The molecule has 1 heterocycles. The van der Waals surface area contributed by atoms with E-state index in [1.165, 1.54) is 10.4 Å². The van der Waals surface area contributed by atoms with Crippen LogP contribution in [0.25, 0.3) is 0 Å². The molecule has 2 atom stereocenters. The van der Waals surface area contributed by atoms with Gasteiger partial charge in [0.1, 0.15) is 0 Å². The van der Waals surface area contributed by atoms with Crippen molar-refractivity contribution in [3.63, 3.8) is 0 Å². The number of halogens is 2. The van der Waals surface area contributed by atoms with Gasteiger partial charge < -0.3 is 10.2 Å². The molecule has 1 aliphatic rings. The van der Waals surface area contributed by atoms with E-state index in [0.29, 0.717) is 13.1 Å². The van der Waals surface area contributed by atoms with Gasteiger partial charge in [0.15, 0.2) is 11.6 Å². The molecule has 1 aromatic carbocycles. The van der Waals surface area contributed by atoms with Crippen LogP contribution in [0.15, 0.2) is 18.2 Å². The Kier molecular flexibility index (Phi) is 5.56. The number of nitrogens with one attached hydrogen (secondary N) is 1. The summed E-state index contributed by atoms with van der Waals surface area (Å²) in [6, 6.07) is 2.51. The summed E-state index contributed by atoms with van der Waals surface area (Å²) in [5, 5.41) is 2.74. The van der Waals surface area contributed by atoms with Gasteiger partial charge in [0, 0.05) is 37.2 Å². The lowest BCUT2D eigenvalue weighted by atomic mass is 10.0. The Bertz CT molecular complexity index is 725. The highest BCUT2D eigenvalue weighted by Gasteiger charge is 2.38. The van der Waals surface area contributed by atoms with Crippen LogP contribution in [0.1, 0.15) is 10.4 Å². The van der Waals surface area contributed by atoms with Crippen molar-refractivity contribution in [1.29, 1.82) is 0 Å². The minimum atomic E-state index is -3.36. The highest BCUT2D eigenvalue weighted by Crippen LogP contribution is 2.21. The van der Waals surface area contributed by atoms with Crippen molar-refractivity contribution in [3.8, 4) is 0 Å². The second kappa shape index (κ2) is 7.12. The summed E-state index contributed by atoms with van der Waals surface area (Å²) in [4.78, 5) is 14.2. The van der Waals surface area contributed by atoms with Crippen molar-refractivity contribution in [2.45, 2.75) is 6.04 Å². The zero-order valence-corrected chi connectivity index (χ0v) is 14.6. The van der Waals surface area contributed by atoms with Crippen LogP contribution in [0.4, 0.5) is 8.78 Å². The third-order valence-corrected chi connectivity index (χ3v) is 5.21. The first-order valence-corrected chi connectivity index (χ1v) is 9.28. The first kappa shape index (κ1) is 18.8. The Labute approximate surface area is 140 Å². The molecule has 0 aromatic heterocycles. The monoisotopic (exact) mass is 361 g/mol. The van der Waals surface area contributed by atoms with E-state index in [4.69, 9.17) is 0 Å². The van der Waals surface area contributed by atoms with Gasteiger partial charge >= 0.3 is 0 Å². The van der Waals surface area contributed by atoms with E-state index in [1.54, 1.807) is 0 Å². The molecule has 1 fully saturated rings. The molecule has 1 aromatic rings. The molecule has 24 heavy (non-hydrogen) atoms. The molecule has 9 heteroatoms. The molecule has 134 valence electrons. The van der Waals surface area contributed by atoms with Crippen LogP contribution >= 0.6 is 0 Å². The maximum atomic E-state index is 13.3. The van der Waals surface area contributed by atoms with Gasteiger partial charge in [0.05, 0.1) is 6.26 Å². The van der Waals surface area contributed by atoms with Gasteiger partial charge in [0.25, 0.3) is 5.91 Å². The van der Waals surface area contributed by atoms with Crippen molar-refractivity contribution in [3.05, 3.63) is 35.4 Å². The van der Waals surface area contributed by atoms with Crippen molar-refractivity contribution in [1.82, 2.24) is 14.5 Å². The number of sulfonamides is 1. The Hall–Kier alpha value is -1.58. The molecule has 1 saturated heterocycles. The molecular weight excluding hydrogens is 340 g/mol. The van der Waals surface area contributed by atoms with Crippen LogP contribution < -0.4 is 5.32 Å². The Morgan fingerprint density at radius 1 is 1.29 bits per heavy atom. The van der Waals surface area contributed by atoms with E-state index in [1.807, 2.05) is 19.0 Å². The van der Waals surface area contributed by atoms with Crippen LogP contribution in [-0.4, -0.2) is 69.6 Å². The van der Waals surface area contributed by atoms with Crippen LogP contribution in [-0.2, 0) is 10.0 Å². The van der Waals surface area contributed by atoms with E-state index in [-0.39, 0.29) is 18.0 Å². The Morgan fingerprint density at radius 3 is 2.50 bits per heavy atom. The maximum Gasteiger partial charge on any atom is 0.251 e. The minimum absolute atomic E-state index is 0.00434. The minimum Gasteiger partial charge on any atom is -0.348 e. The van der Waals surface area contributed by atoms with Crippen LogP contribution in [0, 0.1) is 17.6 Å². The van der Waals surface area contributed by atoms with Gasteiger partial charge in [-0.05, 0) is 32.3 Å². The predicted octanol–water partition coefficient (Wildman–Crippen LogP) is 0.516. The molecule has 0 aliphatic carbocycles. The molecule has 1 N–H and O–H groups in total. The van der Waals surface area contributed by atoms with Crippen molar-refractivity contribution in [2.75, 3.05) is 40.0 Å². The molecular formula is C15H21F2N3O3S. The average Bonchev–Trinajstić information content (AvgIpc) is 2.84. The van der Waals surface area contributed by atoms with Crippen LogP contribution in [0.2, 0.25) is 0 Å². The summed E-state index contributed by atoms with van der Waals surface area (Å²) < 4.78 is 51.1. The van der Waals surface area contributed by atoms with Gasteiger partial charge in [-0.25, -0.2) is 17.2 Å². The molecule has 0 spiro atoms. The van der Waals surface area contributed by atoms with Gasteiger partial charge in [-0.15, -0.1) is 0 Å². The number of nitrogens with zero attached hydrogens (tertiary/aromatic N) is 2. The second-order valence-electron chi connectivity index (χ2n) is 6.31. The topological polar surface area (TPSA) is 69.7 Å². The van der Waals surface area contributed by atoms with Gasteiger partial charge in [-0.2, -0.15) is 4.31 Å². The smallest absolute Gasteiger partial charge is 0.251 e. The Balaban J connectivity index is 2.15. The van der Waals surface area contributed by atoms with Crippen LogP contribution in [0.3, 0.4) is 0 Å². The molecule has 0 unspecified atom stereocenters. The number of amides is 1. The fraction of sp³-hybridized carbons (Fsp3) is 0.533. The molecule has 1 aliphatic heterocycles. The summed E-state index contributed by atoms with van der Waals surface area (Å²) >= 11 is 0. The molecule has 2 rings (SSSR count). The van der Waals surface area contributed by atoms with Gasteiger partial charge in [-0.3, -0.25) is 4.79 Å². The summed E-state index contributed by atoms with van der Waals surface area (Å²) in [6.07, 6.45) is 1.12. The zero-order chi connectivity index (χ0) is 18.1. The number of hydrogen-bond donors (Lipinski definition) is 1. The number of rotatable bonds is 5. The van der Waals surface area contributed by atoms with E-state index < -0.39 is 33.6 Å². The van der Waals surface area contributed by atoms with Crippen molar-refractivity contribution >= 4 is 15.9 Å². The van der Waals surface area contributed by atoms with Crippen molar-refractivity contribution in [2.24, 2.45) is 5.92 Å². The van der Waals surface area contributed by atoms with Crippen LogP contribution in [0.5, 0.6) is 0 Å². The normalized spacial score (nSPS) is 22.1. The quantitative estimate of drug-likeness (QED) is 0.830. The molecule has 6 nitrogen and oxygen atoms in total. The lowest BCUT2D eigenvalue weighted by Crippen LogP contribution is -2.43. The lowest BCUT2D eigenvalue weighted by Gasteiger charge is -2.22. The fourth-order valence-corrected chi connectivity index (χ4v) is 3.70. The zero-order valence-electron chi connectivity index (χ0n) is 13.8. The number of hydrogen-bond acceptors (Lipinski definition) is 4. The van der Waals surface area contributed by atoms with E-state index >= 15 is 0 Å². The Morgan fingerprint density at radius 2 is 1.96 bits per heavy atom. The number of carbonyl (C=O) groups excluding carboxylic acids is 1. The first-order chi connectivity index (χ1) is 11.1. The third kappa shape index (κ3) is 4.49. The molecule has 1 amide bonds. The summed E-state index contributed by atoms with van der Waals surface area (Å²) in [5.74, 6) is -2.78. The first-order valence-electron chi connectivity index (χ1n) is 7.43. The molecule has 0 saturated carbocycles. The largest absolute Gasteiger partial charge is 0.348 e. The highest BCUT2D eigenvalue weighted by molar-refractivity contribution is 7.88. The SMILES string of the molecule is CN(C)C[C@@H]1CN(S(C)(=O)=O)C[C@H]1NC(=O)c1ccc(F)c(F)c1. The second-order valence-corrected chi connectivity index (χ2v) is 8.29. The standard InChI is InChI=1S/C15H21F2N3O3S/c1-19(2)7-11-8-20(24(3,22)23)9-14(11)18-15(21)10-4-5-12(16)13(17)6-10/h4-6,11,14H,7-9H2,1-3H3,(H,18,21)/t11-,14-/m1/s1. The summed E-state index contributed by atoms with van der Waals surface area (Å²) in [6.45, 7) is 1.06. The van der Waals surface area contributed by atoms with E-state index in [2.05, 4.69) is 5.32 Å². The number of benzene rings is 1. The average molecular weight is 361 g/mol. The maximum absolute atomic E-state index is 13.3. The highest BCUT2D eigenvalue weighted by atomic mass is 32.2. The third-order valence-electron chi connectivity index (χ3n) is 3.97. The van der Waals surface area contributed by atoms with E-state index in [9.17, 15) is 22.0 Å². The lowest BCUT2D eigenvalue weighted by molar-refractivity contribution is 0.0926. The summed E-state index contributed by atoms with van der Waals surface area (Å²) in [5.41, 5.74) is -0.00434.